The largest absolute Gasteiger partial charge is 0.466 e. The first-order valence-electron chi connectivity index (χ1n) is 6.13. The number of rotatable bonds is 3. The van der Waals surface area contributed by atoms with Gasteiger partial charge in [-0.05, 0) is 29.5 Å². The first kappa shape index (κ1) is 15.9. The summed E-state index contributed by atoms with van der Waals surface area (Å²) in [5.41, 5.74) is 0.674. The second kappa shape index (κ2) is 6.99. The minimum atomic E-state index is -0.611. The number of benzene rings is 1. The highest BCUT2D eigenvalue weighted by Crippen LogP contribution is 2.29. The maximum Gasteiger partial charge on any atom is 0.331 e. The molecule has 114 valence electrons. The van der Waals surface area contributed by atoms with E-state index in [1.807, 2.05) is 0 Å². The molecule has 6 nitrogen and oxygen atoms in total. The smallest absolute Gasteiger partial charge is 0.331 e. The van der Waals surface area contributed by atoms with E-state index in [4.69, 9.17) is 0 Å². The number of carbonyl (C=O) groups is 2. The van der Waals surface area contributed by atoms with Crippen LogP contribution in [0.4, 0.5) is 4.39 Å². The summed E-state index contributed by atoms with van der Waals surface area (Å²) in [5, 5.41) is 8.11. The van der Waals surface area contributed by atoms with Crippen LogP contribution in [-0.4, -0.2) is 42.3 Å². The number of hydrogen-bond donors (Lipinski definition) is 0. The van der Waals surface area contributed by atoms with Crippen LogP contribution >= 0.6 is 11.8 Å². The molecular weight excluding hydrogens is 309 g/mol. The Bertz CT molecular complexity index is 683. The van der Waals surface area contributed by atoms with Crippen molar-refractivity contribution in [2.24, 2.45) is 10.2 Å². The topological polar surface area (TPSA) is 71.3 Å². The second-order valence-electron chi connectivity index (χ2n) is 4.18. The maximum absolute atomic E-state index is 12.8. The summed E-state index contributed by atoms with van der Waals surface area (Å²) >= 11 is 1.02. The van der Waals surface area contributed by atoms with Crippen molar-refractivity contribution >= 4 is 35.0 Å². The number of nitrogens with zero attached hydrogens (tertiary/aromatic N) is 3. The van der Waals surface area contributed by atoms with Crippen molar-refractivity contribution in [2.75, 3.05) is 14.2 Å². The Morgan fingerprint density at radius 2 is 2.05 bits per heavy atom. The SMILES string of the molecule is COC(=O)/C=C1\S/C(=N\N=C/c2ccc(F)cc2)N(C)C1=O. The number of methoxy groups -OCH3 is 1. The molecule has 0 unspecified atom stereocenters. The van der Waals surface area contributed by atoms with Crippen molar-refractivity contribution in [3.05, 3.63) is 46.6 Å². The molecule has 1 amide bonds. The predicted octanol–water partition coefficient (Wildman–Crippen LogP) is 1.78. The van der Waals surface area contributed by atoms with Crippen LogP contribution in [0.25, 0.3) is 0 Å². The minimum absolute atomic E-state index is 0.213. The second-order valence-corrected chi connectivity index (χ2v) is 5.19. The van der Waals surface area contributed by atoms with Crippen LogP contribution in [0.15, 0.2) is 45.4 Å². The predicted molar refractivity (Wildman–Crippen MR) is 81.9 cm³/mol. The van der Waals surface area contributed by atoms with Crippen LogP contribution in [0.2, 0.25) is 0 Å². The maximum atomic E-state index is 12.8. The Morgan fingerprint density at radius 3 is 2.68 bits per heavy atom. The van der Waals surface area contributed by atoms with Gasteiger partial charge in [0, 0.05) is 13.1 Å². The molecule has 0 spiro atoms. The van der Waals surface area contributed by atoms with E-state index in [0.717, 1.165) is 17.8 Å². The Kier molecular flexibility index (Phi) is 5.05. The summed E-state index contributed by atoms with van der Waals surface area (Å²) in [5.74, 6) is -1.30. The Hall–Kier alpha value is -2.48. The van der Waals surface area contributed by atoms with E-state index in [2.05, 4.69) is 14.9 Å². The van der Waals surface area contributed by atoms with Crippen LogP contribution in [0.1, 0.15) is 5.56 Å². The van der Waals surface area contributed by atoms with Gasteiger partial charge in [-0.2, -0.15) is 5.10 Å². The number of esters is 1. The summed E-state index contributed by atoms with van der Waals surface area (Å²) in [6, 6.07) is 5.73. The van der Waals surface area contributed by atoms with Gasteiger partial charge in [0.25, 0.3) is 5.91 Å². The number of hydrogen-bond acceptors (Lipinski definition) is 6. The van der Waals surface area contributed by atoms with Gasteiger partial charge in [-0.15, -0.1) is 5.10 Å². The number of thioether (sulfide) groups is 1. The van der Waals surface area contributed by atoms with Crippen molar-refractivity contribution in [3.63, 3.8) is 0 Å². The summed E-state index contributed by atoms with van der Waals surface area (Å²) in [7, 11) is 2.76. The fourth-order valence-electron chi connectivity index (χ4n) is 1.50. The van der Waals surface area contributed by atoms with E-state index in [9.17, 15) is 14.0 Å². The zero-order valence-corrected chi connectivity index (χ0v) is 12.6. The summed E-state index contributed by atoms with van der Waals surface area (Å²) in [6.07, 6.45) is 2.54. The van der Waals surface area contributed by atoms with E-state index in [1.165, 1.54) is 37.4 Å². The van der Waals surface area contributed by atoms with Crippen LogP contribution in [0.5, 0.6) is 0 Å². The van der Waals surface area contributed by atoms with Gasteiger partial charge in [0.1, 0.15) is 5.82 Å². The molecule has 0 saturated carbocycles. The fraction of sp³-hybridized carbons (Fsp3) is 0.143. The number of carbonyl (C=O) groups excluding carboxylic acids is 2. The molecule has 1 saturated heterocycles. The van der Waals surface area contributed by atoms with Gasteiger partial charge in [0.05, 0.1) is 18.2 Å². The van der Waals surface area contributed by atoms with E-state index < -0.39 is 5.97 Å². The molecule has 22 heavy (non-hydrogen) atoms. The van der Waals surface area contributed by atoms with E-state index in [0.29, 0.717) is 10.7 Å². The van der Waals surface area contributed by atoms with Gasteiger partial charge >= 0.3 is 5.97 Å². The Labute approximate surface area is 130 Å². The van der Waals surface area contributed by atoms with Gasteiger partial charge in [0.15, 0.2) is 5.17 Å². The van der Waals surface area contributed by atoms with Crippen LogP contribution in [0, 0.1) is 5.82 Å². The lowest BCUT2D eigenvalue weighted by Gasteiger charge is -2.04. The van der Waals surface area contributed by atoms with Crippen LogP contribution < -0.4 is 0 Å². The lowest BCUT2D eigenvalue weighted by molar-refractivity contribution is -0.135. The van der Waals surface area contributed by atoms with Crippen molar-refractivity contribution in [1.29, 1.82) is 0 Å². The van der Waals surface area contributed by atoms with Gasteiger partial charge < -0.3 is 4.74 Å². The van der Waals surface area contributed by atoms with Gasteiger partial charge in [0.2, 0.25) is 0 Å². The summed E-state index contributed by atoms with van der Waals surface area (Å²) in [6.45, 7) is 0. The fourth-order valence-corrected chi connectivity index (χ4v) is 2.38. The molecular formula is C14H12FN3O3S. The molecule has 0 bridgehead atoms. The van der Waals surface area contributed by atoms with Crippen molar-refractivity contribution in [2.45, 2.75) is 0 Å². The first-order valence-corrected chi connectivity index (χ1v) is 6.95. The third-order valence-corrected chi connectivity index (χ3v) is 3.72. The lowest BCUT2D eigenvalue weighted by atomic mass is 10.2. The highest BCUT2D eigenvalue weighted by Gasteiger charge is 2.31. The van der Waals surface area contributed by atoms with Crippen LogP contribution in [0.3, 0.4) is 0 Å². The van der Waals surface area contributed by atoms with Gasteiger partial charge in [-0.25, -0.2) is 9.18 Å². The molecule has 1 fully saturated rings. The molecule has 0 N–H and O–H groups in total. The highest BCUT2D eigenvalue weighted by atomic mass is 32.2. The summed E-state index contributed by atoms with van der Waals surface area (Å²) < 4.78 is 17.2. The number of ether oxygens (including phenoxy) is 1. The van der Waals surface area contributed by atoms with Crippen molar-refractivity contribution < 1.29 is 18.7 Å². The van der Waals surface area contributed by atoms with E-state index in [-0.39, 0.29) is 16.6 Å². The van der Waals surface area contributed by atoms with E-state index >= 15 is 0 Å². The van der Waals surface area contributed by atoms with Crippen molar-refractivity contribution in [1.82, 2.24) is 4.90 Å². The molecule has 0 aliphatic carbocycles. The molecule has 1 aromatic carbocycles. The normalized spacial score (nSPS) is 18.7. The quantitative estimate of drug-likeness (QED) is 0.368. The molecule has 2 rings (SSSR count). The zero-order valence-electron chi connectivity index (χ0n) is 11.8. The number of amidine groups is 1. The average Bonchev–Trinajstić information content (AvgIpc) is 2.77. The monoisotopic (exact) mass is 321 g/mol. The first-order chi connectivity index (χ1) is 10.5. The molecule has 1 aromatic rings. The third kappa shape index (κ3) is 3.79. The van der Waals surface area contributed by atoms with Crippen LogP contribution in [-0.2, 0) is 14.3 Å². The third-order valence-electron chi connectivity index (χ3n) is 2.67. The zero-order chi connectivity index (χ0) is 16.1. The number of likely N-dealkylation sites (N-methyl/N-ethyl adjacent to an activating group) is 1. The molecule has 1 aliphatic rings. The molecule has 0 radical (unpaired) electrons. The van der Waals surface area contributed by atoms with Gasteiger partial charge in [-0.3, -0.25) is 9.69 Å². The molecule has 1 heterocycles. The lowest BCUT2D eigenvalue weighted by Crippen LogP contribution is -2.23. The highest BCUT2D eigenvalue weighted by molar-refractivity contribution is 8.18. The Morgan fingerprint density at radius 1 is 1.36 bits per heavy atom. The molecule has 0 atom stereocenters. The average molecular weight is 321 g/mol. The standard InChI is InChI=1S/C14H12FN3O3S/c1-18-13(20)11(7-12(19)21-2)22-14(18)17-16-8-9-3-5-10(15)6-4-9/h3-8H,1-2H3/b11-7-,16-8-,17-14-. The Balaban J connectivity index is 2.12. The molecule has 0 aromatic heterocycles. The van der Waals surface area contributed by atoms with Gasteiger partial charge in [-0.1, -0.05) is 12.1 Å². The molecule has 1 aliphatic heterocycles. The number of amides is 1. The van der Waals surface area contributed by atoms with Crippen molar-refractivity contribution in [3.8, 4) is 0 Å². The minimum Gasteiger partial charge on any atom is -0.466 e. The molecule has 8 heteroatoms. The van der Waals surface area contributed by atoms with E-state index in [1.54, 1.807) is 12.1 Å². The summed E-state index contributed by atoms with van der Waals surface area (Å²) in [4.78, 5) is 24.6. The number of halogens is 1.